The third-order valence-corrected chi connectivity index (χ3v) is 3.79. The summed E-state index contributed by atoms with van der Waals surface area (Å²) in [5, 5.41) is 12.8. The lowest BCUT2D eigenvalue weighted by Gasteiger charge is -2.09. The highest BCUT2D eigenvalue weighted by atomic mass is 32.2. The minimum atomic E-state index is -4.05. The molecule has 1 aromatic rings. The number of amides is 1. The van der Waals surface area contributed by atoms with E-state index in [-0.39, 0.29) is 23.7 Å². The summed E-state index contributed by atoms with van der Waals surface area (Å²) in [5.74, 6) is 0. The van der Waals surface area contributed by atoms with Crippen LogP contribution in [0.5, 0.6) is 0 Å². The highest BCUT2D eigenvalue weighted by Crippen LogP contribution is 2.18. The van der Waals surface area contributed by atoms with E-state index in [0.29, 0.717) is 0 Å². The second-order valence-electron chi connectivity index (χ2n) is 3.90. The van der Waals surface area contributed by atoms with Crippen LogP contribution in [0.1, 0.15) is 0 Å². The van der Waals surface area contributed by atoms with Crippen molar-refractivity contribution in [3.05, 3.63) is 34.4 Å². The SMILES string of the molecule is O=C1NCC(COS(=O)(=O)c2ccc([N+](=O)[O-])cc2)O1. The highest BCUT2D eigenvalue weighted by Gasteiger charge is 2.26. The Bertz CT molecular complexity index is 626. The minimum absolute atomic E-state index is 0.161. The van der Waals surface area contributed by atoms with Crippen LogP contribution in [0.4, 0.5) is 10.5 Å². The second kappa shape index (κ2) is 5.43. The van der Waals surface area contributed by atoms with Crippen molar-refractivity contribution in [3.63, 3.8) is 0 Å². The van der Waals surface area contributed by atoms with Crippen molar-refractivity contribution in [2.45, 2.75) is 11.0 Å². The monoisotopic (exact) mass is 302 g/mol. The summed E-state index contributed by atoms with van der Waals surface area (Å²) in [7, 11) is -4.05. The molecule has 1 aromatic carbocycles. The molecule has 1 saturated heterocycles. The summed E-state index contributed by atoms with van der Waals surface area (Å²) >= 11 is 0. The van der Waals surface area contributed by atoms with Gasteiger partial charge >= 0.3 is 6.09 Å². The summed E-state index contributed by atoms with van der Waals surface area (Å²) in [4.78, 5) is 20.4. The molecule has 0 spiro atoms. The van der Waals surface area contributed by atoms with Gasteiger partial charge in [-0.1, -0.05) is 0 Å². The van der Waals surface area contributed by atoms with E-state index >= 15 is 0 Å². The average molecular weight is 302 g/mol. The number of hydrogen-bond donors (Lipinski definition) is 1. The number of benzene rings is 1. The quantitative estimate of drug-likeness (QED) is 0.474. The zero-order chi connectivity index (χ0) is 14.8. The lowest BCUT2D eigenvalue weighted by molar-refractivity contribution is -0.384. The van der Waals surface area contributed by atoms with E-state index in [9.17, 15) is 23.3 Å². The molecule has 9 nitrogen and oxygen atoms in total. The number of nitro groups is 1. The van der Waals surface area contributed by atoms with Crippen molar-refractivity contribution >= 4 is 21.9 Å². The topological polar surface area (TPSA) is 125 Å². The Morgan fingerprint density at radius 1 is 1.40 bits per heavy atom. The third-order valence-electron chi connectivity index (χ3n) is 2.49. The Morgan fingerprint density at radius 3 is 2.55 bits per heavy atom. The van der Waals surface area contributed by atoms with Crippen LogP contribution in [0.3, 0.4) is 0 Å². The largest absolute Gasteiger partial charge is 0.442 e. The van der Waals surface area contributed by atoms with Crippen molar-refractivity contribution < 1.29 is 27.1 Å². The van der Waals surface area contributed by atoms with Gasteiger partial charge in [0.2, 0.25) is 0 Å². The molecule has 0 saturated carbocycles. The van der Waals surface area contributed by atoms with Crippen LogP contribution < -0.4 is 5.32 Å². The number of carbonyl (C=O) groups excluding carboxylic acids is 1. The molecule has 1 fully saturated rings. The fourth-order valence-electron chi connectivity index (χ4n) is 1.49. The molecule has 1 atom stereocenters. The third kappa shape index (κ3) is 3.22. The first-order valence-electron chi connectivity index (χ1n) is 5.47. The van der Waals surface area contributed by atoms with Gasteiger partial charge in [-0.15, -0.1) is 0 Å². The Labute approximate surface area is 113 Å². The van der Waals surface area contributed by atoms with Crippen molar-refractivity contribution in [1.82, 2.24) is 5.32 Å². The van der Waals surface area contributed by atoms with Crippen molar-refractivity contribution in [1.29, 1.82) is 0 Å². The highest BCUT2D eigenvalue weighted by molar-refractivity contribution is 7.86. The maximum absolute atomic E-state index is 11.8. The molecule has 1 amide bonds. The molecule has 0 aliphatic carbocycles. The molecule has 1 aliphatic rings. The van der Waals surface area contributed by atoms with Crippen molar-refractivity contribution in [3.8, 4) is 0 Å². The van der Waals surface area contributed by atoms with Gasteiger partial charge in [0.15, 0.2) is 0 Å². The average Bonchev–Trinajstić information content (AvgIpc) is 2.82. The van der Waals surface area contributed by atoms with Gasteiger partial charge in [-0.05, 0) is 12.1 Å². The van der Waals surface area contributed by atoms with Crippen LogP contribution in [-0.2, 0) is 19.0 Å². The molecule has 1 unspecified atom stereocenters. The smallest absolute Gasteiger partial charge is 0.407 e. The molecule has 1 heterocycles. The number of nitrogens with one attached hydrogen (secondary N) is 1. The molecule has 0 radical (unpaired) electrons. The number of carbonyl (C=O) groups is 1. The summed E-state index contributed by atoms with van der Waals surface area (Å²) in [6.45, 7) is -0.160. The summed E-state index contributed by atoms with van der Waals surface area (Å²) in [6, 6.07) is 4.28. The summed E-state index contributed by atoms with van der Waals surface area (Å²) < 4.78 is 33.0. The molecular formula is C10H10N2O7S. The van der Waals surface area contributed by atoms with Crippen LogP contribution in [0.2, 0.25) is 0 Å². The van der Waals surface area contributed by atoms with Gasteiger partial charge in [-0.25, -0.2) is 4.79 Å². The van der Waals surface area contributed by atoms with Crippen molar-refractivity contribution in [2.24, 2.45) is 0 Å². The predicted molar refractivity (Wildman–Crippen MR) is 64.5 cm³/mol. The molecule has 2 rings (SSSR count). The first-order valence-corrected chi connectivity index (χ1v) is 6.88. The Hall–Kier alpha value is -2.20. The number of rotatable bonds is 5. The zero-order valence-electron chi connectivity index (χ0n) is 10.0. The summed E-state index contributed by atoms with van der Waals surface area (Å²) in [6.07, 6.45) is -1.32. The molecule has 0 bridgehead atoms. The Balaban J connectivity index is 2.02. The van der Waals surface area contributed by atoms with E-state index in [2.05, 4.69) is 5.32 Å². The number of nitrogens with zero attached hydrogens (tertiary/aromatic N) is 1. The molecule has 0 aromatic heterocycles. The van der Waals surface area contributed by atoms with Gasteiger partial charge in [-0.3, -0.25) is 14.3 Å². The first-order chi connectivity index (χ1) is 9.38. The molecular weight excluding hydrogens is 292 g/mol. The zero-order valence-corrected chi connectivity index (χ0v) is 10.8. The maximum atomic E-state index is 11.8. The Kier molecular flexibility index (Phi) is 3.86. The van der Waals surface area contributed by atoms with E-state index in [1.54, 1.807) is 0 Å². The van der Waals surface area contributed by atoms with Gasteiger partial charge in [0.05, 0.1) is 16.4 Å². The fraction of sp³-hybridized carbons (Fsp3) is 0.300. The van der Waals surface area contributed by atoms with E-state index in [1.165, 1.54) is 0 Å². The maximum Gasteiger partial charge on any atom is 0.407 e. The van der Waals surface area contributed by atoms with Crippen LogP contribution in [0.25, 0.3) is 0 Å². The van der Waals surface area contributed by atoms with Gasteiger partial charge in [0.25, 0.3) is 15.8 Å². The lowest BCUT2D eigenvalue weighted by Crippen LogP contribution is -2.22. The predicted octanol–water partition coefficient (Wildman–Crippen LogP) is 0.409. The first kappa shape index (κ1) is 14.2. The van der Waals surface area contributed by atoms with E-state index < -0.39 is 27.2 Å². The molecule has 1 aliphatic heterocycles. The molecule has 20 heavy (non-hydrogen) atoms. The van der Waals surface area contributed by atoms with Crippen LogP contribution in [-0.4, -0.2) is 38.7 Å². The summed E-state index contributed by atoms with van der Waals surface area (Å²) in [5.41, 5.74) is -0.224. The molecule has 10 heteroatoms. The Morgan fingerprint density at radius 2 is 2.05 bits per heavy atom. The fourth-order valence-corrected chi connectivity index (χ4v) is 2.43. The normalized spacial score (nSPS) is 18.4. The number of non-ortho nitro benzene ring substituents is 1. The van der Waals surface area contributed by atoms with Crippen LogP contribution >= 0.6 is 0 Å². The number of nitro benzene ring substituents is 1. The number of hydrogen-bond acceptors (Lipinski definition) is 7. The van der Waals surface area contributed by atoms with Crippen molar-refractivity contribution in [2.75, 3.05) is 13.2 Å². The van der Waals surface area contributed by atoms with Crippen LogP contribution in [0, 0.1) is 10.1 Å². The minimum Gasteiger partial charge on any atom is -0.442 e. The van der Waals surface area contributed by atoms with E-state index in [0.717, 1.165) is 24.3 Å². The number of cyclic esters (lactones) is 1. The second-order valence-corrected chi connectivity index (χ2v) is 5.51. The van der Waals surface area contributed by atoms with Gasteiger partial charge < -0.3 is 10.1 Å². The standard InChI is InChI=1S/C10H10N2O7S/c13-10-11-5-8(19-10)6-18-20(16,17)9-3-1-7(2-4-9)12(14)15/h1-4,8H,5-6H2,(H,11,13). The number of ether oxygens (including phenoxy) is 1. The van der Waals surface area contributed by atoms with Gasteiger partial charge in [0.1, 0.15) is 12.7 Å². The van der Waals surface area contributed by atoms with E-state index in [4.69, 9.17) is 8.92 Å². The number of alkyl carbamates (subject to hydrolysis) is 1. The van der Waals surface area contributed by atoms with Crippen LogP contribution in [0.15, 0.2) is 29.2 Å². The lowest BCUT2D eigenvalue weighted by atomic mass is 10.3. The van der Waals surface area contributed by atoms with E-state index in [1.807, 2.05) is 0 Å². The molecule has 1 N–H and O–H groups in total. The van der Waals surface area contributed by atoms with Gasteiger partial charge in [-0.2, -0.15) is 8.42 Å². The van der Waals surface area contributed by atoms with Gasteiger partial charge in [0, 0.05) is 12.1 Å². The molecule has 108 valence electrons.